The Kier molecular flexibility index (Phi) is 2.68. The van der Waals surface area contributed by atoms with E-state index in [0.29, 0.717) is 0 Å². The predicted molar refractivity (Wildman–Crippen MR) is 47.7 cm³/mol. The Labute approximate surface area is 73.3 Å². The minimum atomic E-state index is -0.763. The van der Waals surface area contributed by atoms with E-state index in [1.165, 1.54) is 0 Å². The van der Waals surface area contributed by atoms with E-state index < -0.39 is 6.10 Å². The first kappa shape index (κ1) is 9.46. The number of allylic oxidation sites excluding steroid dienone is 1. The molecule has 12 heavy (non-hydrogen) atoms. The molecule has 0 bridgehead atoms. The van der Waals surface area contributed by atoms with E-state index in [1.807, 2.05) is 13.8 Å². The van der Waals surface area contributed by atoms with Crippen LogP contribution in [0.1, 0.15) is 26.7 Å². The van der Waals surface area contributed by atoms with Crippen molar-refractivity contribution in [2.24, 2.45) is 11.8 Å². The van der Waals surface area contributed by atoms with Crippen LogP contribution in [0.15, 0.2) is 12.2 Å². The molecule has 0 aliphatic heterocycles. The second-order valence-corrected chi connectivity index (χ2v) is 3.80. The van der Waals surface area contributed by atoms with E-state index in [0.717, 1.165) is 18.4 Å². The molecule has 0 heterocycles. The fourth-order valence-corrected chi connectivity index (χ4v) is 1.71. The fraction of sp³-hybridized carbons (Fsp3) is 0.700. The zero-order chi connectivity index (χ0) is 9.30. The van der Waals surface area contributed by atoms with Crippen molar-refractivity contribution in [1.29, 1.82) is 0 Å². The first-order valence-corrected chi connectivity index (χ1v) is 4.41. The molecule has 68 valence electrons. The van der Waals surface area contributed by atoms with Crippen LogP contribution in [0.2, 0.25) is 0 Å². The largest absolute Gasteiger partial charge is 0.385 e. The van der Waals surface area contributed by atoms with Crippen molar-refractivity contribution in [1.82, 2.24) is 0 Å². The molecule has 1 N–H and O–H groups in total. The number of carbonyl (C=O) groups is 1. The summed E-state index contributed by atoms with van der Waals surface area (Å²) in [5.74, 6) is -0.0226. The van der Waals surface area contributed by atoms with Gasteiger partial charge < -0.3 is 5.11 Å². The Balaban J connectivity index is 2.72. The third-order valence-corrected chi connectivity index (χ3v) is 2.68. The maximum absolute atomic E-state index is 11.5. The van der Waals surface area contributed by atoms with Gasteiger partial charge in [-0.15, -0.1) is 0 Å². The first-order valence-electron chi connectivity index (χ1n) is 4.41. The molecule has 3 atom stereocenters. The van der Waals surface area contributed by atoms with Gasteiger partial charge in [-0.3, -0.25) is 4.79 Å². The zero-order valence-corrected chi connectivity index (χ0v) is 7.71. The van der Waals surface area contributed by atoms with E-state index in [1.54, 1.807) is 0 Å². The average molecular weight is 168 g/mol. The molecular formula is C10H16O2. The van der Waals surface area contributed by atoms with Crippen molar-refractivity contribution in [3.63, 3.8) is 0 Å². The maximum atomic E-state index is 11.5. The predicted octanol–water partition coefficient (Wildman–Crippen LogP) is 1.54. The quantitative estimate of drug-likeness (QED) is 0.603. The zero-order valence-electron chi connectivity index (χ0n) is 7.71. The van der Waals surface area contributed by atoms with Gasteiger partial charge in [0.25, 0.3) is 0 Å². The van der Waals surface area contributed by atoms with Crippen LogP contribution >= 0.6 is 0 Å². The smallest absolute Gasteiger partial charge is 0.168 e. The third-order valence-electron chi connectivity index (χ3n) is 2.68. The number of ketones is 1. The second kappa shape index (κ2) is 3.40. The van der Waals surface area contributed by atoms with Gasteiger partial charge in [-0.25, -0.2) is 0 Å². The lowest BCUT2D eigenvalue weighted by atomic mass is 9.77. The molecule has 1 fully saturated rings. The molecule has 0 unspecified atom stereocenters. The summed E-state index contributed by atoms with van der Waals surface area (Å²) in [5.41, 5.74) is 0.881. The van der Waals surface area contributed by atoms with Crippen LogP contribution in [0, 0.1) is 11.8 Å². The van der Waals surface area contributed by atoms with Crippen LogP contribution < -0.4 is 0 Å². The summed E-state index contributed by atoms with van der Waals surface area (Å²) in [5, 5.41) is 9.47. The molecule has 0 spiro atoms. The highest BCUT2D eigenvalue weighted by Crippen LogP contribution is 2.29. The van der Waals surface area contributed by atoms with E-state index in [-0.39, 0.29) is 17.6 Å². The van der Waals surface area contributed by atoms with Crippen molar-refractivity contribution in [3.05, 3.63) is 12.2 Å². The lowest BCUT2D eigenvalue weighted by Gasteiger charge is -2.29. The van der Waals surface area contributed by atoms with Crippen LogP contribution in [-0.4, -0.2) is 17.0 Å². The first-order chi connectivity index (χ1) is 5.54. The molecule has 0 amide bonds. The van der Waals surface area contributed by atoms with Gasteiger partial charge in [0.1, 0.15) is 6.10 Å². The van der Waals surface area contributed by atoms with Gasteiger partial charge in [-0.1, -0.05) is 19.1 Å². The van der Waals surface area contributed by atoms with Crippen LogP contribution in [0.25, 0.3) is 0 Å². The van der Waals surface area contributed by atoms with Gasteiger partial charge in [0.2, 0.25) is 0 Å². The van der Waals surface area contributed by atoms with Gasteiger partial charge in [0.15, 0.2) is 5.78 Å². The third kappa shape index (κ3) is 1.58. The van der Waals surface area contributed by atoms with Crippen molar-refractivity contribution >= 4 is 5.78 Å². The molecule has 1 saturated carbocycles. The summed E-state index contributed by atoms with van der Waals surface area (Å²) < 4.78 is 0. The molecule has 0 saturated heterocycles. The summed E-state index contributed by atoms with van der Waals surface area (Å²) in [6, 6.07) is 0. The average Bonchev–Trinajstić information content (AvgIpc) is 2.00. The van der Waals surface area contributed by atoms with Crippen LogP contribution in [0.5, 0.6) is 0 Å². The normalized spacial score (nSPS) is 36.6. The highest BCUT2D eigenvalue weighted by molar-refractivity contribution is 5.88. The fourth-order valence-electron chi connectivity index (χ4n) is 1.71. The number of rotatable bonds is 1. The molecular weight excluding hydrogens is 152 g/mol. The number of aliphatic hydroxyl groups excluding tert-OH is 1. The number of hydrogen-bond acceptors (Lipinski definition) is 2. The van der Waals surface area contributed by atoms with Gasteiger partial charge in [0.05, 0.1) is 0 Å². The monoisotopic (exact) mass is 168 g/mol. The molecule has 1 aliphatic carbocycles. The maximum Gasteiger partial charge on any atom is 0.168 e. The highest BCUT2D eigenvalue weighted by atomic mass is 16.3. The van der Waals surface area contributed by atoms with Crippen molar-refractivity contribution in [2.45, 2.75) is 32.8 Å². The van der Waals surface area contributed by atoms with Gasteiger partial charge in [-0.05, 0) is 25.7 Å². The van der Waals surface area contributed by atoms with E-state index in [4.69, 9.17) is 0 Å². The highest BCUT2D eigenvalue weighted by Gasteiger charge is 2.34. The molecule has 0 aromatic heterocycles. The summed E-state index contributed by atoms with van der Waals surface area (Å²) in [6.45, 7) is 7.52. The Morgan fingerprint density at radius 3 is 2.67 bits per heavy atom. The molecule has 0 aromatic carbocycles. The van der Waals surface area contributed by atoms with Gasteiger partial charge in [-0.2, -0.15) is 0 Å². The minimum absolute atomic E-state index is 0.0405. The van der Waals surface area contributed by atoms with Crippen molar-refractivity contribution < 1.29 is 9.90 Å². The second-order valence-electron chi connectivity index (χ2n) is 3.80. The van der Waals surface area contributed by atoms with E-state index >= 15 is 0 Å². The summed E-state index contributed by atoms with van der Waals surface area (Å²) in [7, 11) is 0. The lowest BCUT2D eigenvalue weighted by molar-refractivity contribution is -0.135. The number of aliphatic hydroxyl groups is 1. The van der Waals surface area contributed by atoms with Crippen LogP contribution in [0.4, 0.5) is 0 Å². The number of Topliss-reactive ketones (excluding diaryl/α,β-unsaturated/α-hetero) is 1. The SMILES string of the molecule is C=C(C)[C@@H]1CC[C@@H](C)[C@@H](O)C1=O. The summed E-state index contributed by atoms with van der Waals surface area (Å²) in [6.07, 6.45) is 1.01. The topological polar surface area (TPSA) is 37.3 Å². The Morgan fingerprint density at radius 2 is 2.17 bits per heavy atom. The van der Waals surface area contributed by atoms with E-state index in [2.05, 4.69) is 6.58 Å². The van der Waals surface area contributed by atoms with Gasteiger partial charge in [0, 0.05) is 5.92 Å². The Hall–Kier alpha value is -0.630. The molecule has 0 radical (unpaired) electrons. The van der Waals surface area contributed by atoms with Crippen molar-refractivity contribution in [3.8, 4) is 0 Å². The van der Waals surface area contributed by atoms with E-state index in [9.17, 15) is 9.90 Å². The lowest BCUT2D eigenvalue weighted by Crippen LogP contribution is -2.38. The van der Waals surface area contributed by atoms with Crippen LogP contribution in [-0.2, 0) is 4.79 Å². The summed E-state index contributed by atoms with van der Waals surface area (Å²) in [4.78, 5) is 11.5. The molecule has 0 aromatic rings. The molecule has 2 nitrogen and oxygen atoms in total. The van der Waals surface area contributed by atoms with Crippen molar-refractivity contribution in [2.75, 3.05) is 0 Å². The number of carbonyl (C=O) groups excluding carboxylic acids is 1. The van der Waals surface area contributed by atoms with Gasteiger partial charge >= 0.3 is 0 Å². The number of hydrogen-bond donors (Lipinski definition) is 1. The Bertz CT molecular complexity index is 208. The molecule has 1 aliphatic rings. The molecule has 2 heteroatoms. The minimum Gasteiger partial charge on any atom is -0.385 e. The summed E-state index contributed by atoms with van der Waals surface area (Å²) >= 11 is 0. The Morgan fingerprint density at radius 1 is 1.58 bits per heavy atom. The molecule has 1 rings (SSSR count). The van der Waals surface area contributed by atoms with Crippen LogP contribution in [0.3, 0.4) is 0 Å². The standard InChI is InChI=1S/C10H16O2/c1-6(2)8-5-4-7(3)9(11)10(8)12/h7-9,11H,1,4-5H2,2-3H3/t7-,8+,9-/m1/s1.